The standard InChI is InChI=1S/C14H22N2OS/c1-3-13-10-16(6-7-18-13)14-8-12(17-2)5-4-11(14)9-15/h4-5,8,13H,3,6-7,9-10,15H2,1-2H3. The molecule has 1 unspecified atom stereocenters. The number of hydrogen-bond donors (Lipinski definition) is 1. The average molecular weight is 266 g/mol. The molecule has 0 aliphatic carbocycles. The first-order valence-corrected chi connectivity index (χ1v) is 7.57. The number of anilines is 1. The molecule has 1 aliphatic rings. The van der Waals surface area contributed by atoms with Gasteiger partial charge < -0.3 is 15.4 Å². The van der Waals surface area contributed by atoms with Crippen molar-refractivity contribution in [2.45, 2.75) is 25.1 Å². The fourth-order valence-corrected chi connectivity index (χ4v) is 3.50. The minimum absolute atomic E-state index is 0.583. The van der Waals surface area contributed by atoms with Gasteiger partial charge in [-0.05, 0) is 18.1 Å². The summed E-state index contributed by atoms with van der Waals surface area (Å²) in [7, 11) is 1.71. The van der Waals surface area contributed by atoms with Crippen LogP contribution in [0.4, 0.5) is 5.69 Å². The quantitative estimate of drug-likeness (QED) is 0.908. The Labute approximate surface area is 114 Å². The lowest BCUT2D eigenvalue weighted by atomic mass is 10.1. The van der Waals surface area contributed by atoms with Crippen molar-refractivity contribution in [3.8, 4) is 5.75 Å². The van der Waals surface area contributed by atoms with Gasteiger partial charge in [-0.25, -0.2) is 0 Å². The molecule has 18 heavy (non-hydrogen) atoms. The maximum absolute atomic E-state index is 5.84. The molecule has 0 spiro atoms. The van der Waals surface area contributed by atoms with Crippen LogP contribution in [0.5, 0.6) is 5.75 Å². The van der Waals surface area contributed by atoms with E-state index in [1.807, 2.05) is 6.07 Å². The summed E-state index contributed by atoms with van der Waals surface area (Å²) in [6.07, 6.45) is 1.23. The van der Waals surface area contributed by atoms with Crippen molar-refractivity contribution in [2.75, 3.05) is 30.9 Å². The SMILES string of the molecule is CCC1CN(c2cc(OC)ccc2CN)CCS1. The number of benzene rings is 1. The van der Waals surface area contributed by atoms with E-state index in [9.17, 15) is 0 Å². The molecule has 2 N–H and O–H groups in total. The lowest BCUT2D eigenvalue weighted by molar-refractivity contribution is 0.414. The molecule has 0 aromatic heterocycles. The summed E-state index contributed by atoms with van der Waals surface area (Å²) in [6, 6.07) is 6.18. The van der Waals surface area contributed by atoms with Gasteiger partial charge >= 0.3 is 0 Å². The topological polar surface area (TPSA) is 38.5 Å². The summed E-state index contributed by atoms with van der Waals surface area (Å²) in [5, 5.41) is 0.732. The van der Waals surface area contributed by atoms with Gasteiger partial charge in [0.25, 0.3) is 0 Å². The van der Waals surface area contributed by atoms with E-state index in [2.05, 4.69) is 35.7 Å². The average Bonchev–Trinajstić information content (AvgIpc) is 2.46. The zero-order valence-corrected chi connectivity index (χ0v) is 12.0. The van der Waals surface area contributed by atoms with Gasteiger partial charge in [0.15, 0.2) is 0 Å². The Kier molecular flexibility index (Phi) is 4.78. The first-order valence-electron chi connectivity index (χ1n) is 6.52. The van der Waals surface area contributed by atoms with Crippen molar-refractivity contribution in [3.63, 3.8) is 0 Å². The van der Waals surface area contributed by atoms with Crippen molar-refractivity contribution in [2.24, 2.45) is 5.73 Å². The predicted molar refractivity (Wildman–Crippen MR) is 79.6 cm³/mol. The molecule has 0 radical (unpaired) electrons. The second kappa shape index (κ2) is 6.34. The van der Waals surface area contributed by atoms with Crippen LogP contribution in [0.25, 0.3) is 0 Å². The lowest BCUT2D eigenvalue weighted by Crippen LogP contribution is -2.38. The molecule has 3 nitrogen and oxygen atoms in total. The van der Waals surface area contributed by atoms with E-state index in [-0.39, 0.29) is 0 Å². The minimum Gasteiger partial charge on any atom is -0.497 e. The molecule has 1 aromatic rings. The normalized spacial score (nSPS) is 19.9. The van der Waals surface area contributed by atoms with Gasteiger partial charge in [-0.3, -0.25) is 0 Å². The van der Waals surface area contributed by atoms with E-state index in [1.165, 1.54) is 23.4 Å². The number of ether oxygens (including phenoxy) is 1. The maximum atomic E-state index is 5.84. The number of thioether (sulfide) groups is 1. The van der Waals surface area contributed by atoms with Gasteiger partial charge in [0, 0.05) is 42.4 Å². The van der Waals surface area contributed by atoms with E-state index in [0.717, 1.165) is 24.1 Å². The summed E-state index contributed by atoms with van der Waals surface area (Å²) in [5.74, 6) is 2.10. The second-order valence-electron chi connectivity index (χ2n) is 4.55. The first-order chi connectivity index (χ1) is 8.78. The Hall–Kier alpha value is -0.870. The third kappa shape index (κ3) is 2.93. The van der Waals surface area contributed by atoms with Crippen molar-refractivity contribution in [1.29, 1.82) is 0 Å². The summed E-state index contributed by atoms with van der Waals surface area (Å²) < 4.78 is 5.33. The van der Waals surface area contributed by atoms with E-state index in [4.69, 9.17) is 10.5 Å². The molecule has 4 heteroatoms. The minimum atomic E-state index is 0.583. The van der Waals surface area contributed by atoms with Crippen LogP contribution in [0.3, 0.4) is 0 Å². The van der Waals surface area contributed by atoms with Crippen molar-refractivity contribution in [1.82, 2.24) is 0 Å². The number of methoxy groups -OCH3 is 1. The van der Waals surface area contributed by atoms with Crippen LogP contribution >= 0.6 is 11.8 Å². The highest BCUT2D eigenvalue weighted by Crippen LogP contribution is 2.30. The highest BCUT2D eigenvalue weighted by atomic mass is 32.2. The number of nitrogens with two attached hydrogens (primary N) is 1. The third-order valence-corrected chi connectivity index (χ3v) is 4.82. The highest BCUT2D eigenvalue weighted by Gasteiger charge is 2.21. The largest absolute Gasteiger partial charge is 0.497 e. The third-order valence-electron chi connectivity index (χ3n) is 3.45. The monoisotopic (exact) mass is 266 g/mol. The van der Waals surface area contributed by atoms with Crippen molar-refractivity contribution >= 4 is 17.4 Å². The molecular weight excluding hydrogens is 244 g/mol. The smallest absolute Gasteiger partial charge is 0.120 e. The first kappa shape index (κ1) is 13.6. The zero-order valence-electron chi connectivity index (χ0n) is 11.2. The van der Waals surface area contributed by atoms with Gasteiger partial charge in [-0.1, -0.05) is 13.0 Å². The van der Waals surface area contributed by atoms with Gasteiger partial charge in [0.05, 0.1) is 7.11 Å². The van der Waals surface area contributed by atoms with E-state index in [0.29, 0.717) is 6.54 Å². The Balaban J connectivity index is 2.24. The Morgan fingerprint density at radius 2 is 2.33 bits per heavy atom. The van der Waals surface area contributed by atoms with E-state index in [1.54, 1.807) is 7.11 Å². The summed E-state index contributed by atoms with van der Waals surface area (Å²) in [4.78, 5) is 2.45. The molecule has 2 rings (SSSR count). The summed E-state index contributed by atoms with van der Waals surface area (Å²) in [5.41, 5.74) is 8.30. The molecule has 0 saturated carbocycles. The van der Waals surface area contributed by atoms with Crippen LogP contribution in [0.1, 0.15) is 18.9 Å². The maximum Gasteiger partial charge on any atom is 0.120 e. The predicted octanol–water partition coefficient (Wildman–Crippen LogP) is 2.49. The van der Waals surface area contributed by atoms with E-state index < -0.39 is 0 Å². The van der Waals surface area contributed by atoms with Crippen molar-refractivity contribution < 1.29 is 4.74 Å². The van der Waals surface area contributed by atoms with Crippen LogP contribution in [-0.2, 0) is 6.54 Å². The highest BCUT2D eigenvalue weighted by molar-refractivity contribution is 8.00. The van der Waals surface area contributed by atoms with Crippen molar-refractivity contribution in [3.05, 3.63) is 23.8 Å². The summed E-state index contributed by atoms with van der Waals surface area (Å²) >= 11 is 2.08. The molecule has 0 bridgehead atoms. The van der Waals surface area contributed by atoms with Crippen LogP contribution in [-0.4, -0.2) is 31.2 Å². The van der Waals surface area contributed by atoms with Gasteiger partial charge in [0.1, 0.15) is 5.75 Å². The number of hydrogen-bond acceptors (Lipinski definition) is 4. The Morgan fingerprint density at radius 3 is 3.00 bits per heavy atom. The summed E-state index contributed by atoms with van der Waals surface area (Å²) in [6.45, 7) is 5.05. The molecule has 1 aliphatic heterocycles. The van der Waals surface area contributed by atoms with Crippen LogP contribution < -0.4 is 15.4 Å². The van der Waals surface area contributed by atoms with E-state index >= 15 is 0 Å². The number of nitrogens with zero attached hydrogens (tertiary/aromatic N) is 1. The molecule has 0 amide bonds. The molecule has 1 fully saturated rings. The fraction of sp³-hybridized carbons (Fsp3) is 0.571. The molecule has 100 valence electrons. The van der Waals surface area contributed by atoms with Gasteiger partial charge in [-0.2, -0.15) is 11.8 Å². The zero-order chi connectivity index (χ0) is 13.0. The lowest BCUT2D eigenvalue weighted by Gasteiger charge is -2.35. The Bertz CT molecular complexity index is 397. The number of rotatable bonds is 4. The van der Waals surface area contributed by atoms with Gasteiger partial charge in [-0.15, -0.1) is 0 Å². The molecule has 1 saturated heterocycles. The van der Waals surface area contributed by atoms with Crippen LogP contribution in [0.15, 0.2) is 18.2 Å². The van der Waals surface area contributed by atoms with Gasteiger partial charge in [0.2, 0.25) is 0 Å². The molecule has 1 aromatic carbocycles. The molecule has 1 heterocycles. The molecular formula is C14H22N2OS. The van der Waals surface area contributed by atoms with Crippen LogP contribution in [0, 0.1) is 0 Å². The fourth-order valence-electron chi connectivity index (χ4n) is 2.32. The second-order valence-corrected chi connectivity index (χ2v) is 5.95. The van der Waals surface area contributed by atoms with Crippen LogP contribution in [0.2, 0.25) is 0 Å². The Morgan fingerprint density at radius 1 is 1.50 bits per heavy atom. The molecule has 1 atom stereocenters.